The summed E-state index contributed by atoms with van der Waals surface area (Å²) in [6.07, 6.45) is 1.88. The highest BCUT2D eigenvalue weighted by Gasteiger charge is 2.09. The predicted octanol–water partition coefficient (Wildman–Crippen LogP) is 2.25. The predicted molar refractivity (Wildman–Crippen MR) is 68.3 cm³/mol. The Hall–Kier alpha value is -1.84. The van der Waals surface area contributed by atoms with Crippen molar-refractivity contribution in [3.8, 4) is 0 Å². The summed E-state index contributed by atoms with van der Waals surface area (Å²) in [6, 6.07) is 3.87. The van der Waals surface area contributed by atoms with Gasteiger partial charge in [0.2, 0.25) is 0 Å². The van der Waals surface area contributed by atoms with Crippen molar-refractivity contribution in [2.45, 2.75) is 20.3 Å². The van der Waals surface area contributed by atoms with E-state index in [2.05, 4.69) is 11.6 Å². The molecule has 0 saturated carbocycles. The Morgan fingerprint density at radius 3 is 2.71 bits per heavy atom. The van der Waals surface area contributed by atoms with Crippen molar-refractivity contribution < 1.29 is 9.90 Å². The summed E-state index contributed by atoms with van der Waals surface area (Å²) < 4.78 is 0. The molecule has 0 aliphatic rings. The zero-order chi connectivity index (χ0) is 12.8. The molecule has 0 aliphatic heterocycles. The van der Waals surface area contributed by atoms with E-state index in [9.17, 15) is 4.79 Å². The van der Waals surface area contributed by atoms with Crippen LogP contribution < -0.4 is 4.90 Å². The van der Waals surface area contributed by atoms with Gasteiger partial charge in [-0.05, 0) is 25.5 Å². The van der Waals surface area contributed by atoms with Gasteiger partial charge >= 0.3 is 5.97 Å². The summed E-state index contributed by atoms with van der Waals surface area (Å²) in [7, 11) is 0. The van der Waals surface area contributed by atoms with E-state index >= 15 is 0 Å². The summed E-state index contributed by atoms with van der Waals surface area (Å²) in [4.78, 5) is 16.8. The zero-order valence-electron chi connectivity index (χ0n) is 10.3. The minimum absolute atomic E-state index is 0.100. The number of anilines is 1. The number of nitrogens with zero attached hydrogens (tertiary/aromatic N) is 2. The fraction of sp³-hybridized carbons (Fsp3) is 0.385. The summed E-state index contributed by atoms with van der Waals surface area (Å²) in [5, 5.41) is 8.72. The Kier molecular flexibility index (Phi) is 4.69. The van der Waals surface area contributed by atoms with Gasteiger partial charge in [-0.3, -0.25) is 4.79 Å². The highest BCUT2D eigenvalue weighted by molar-refractivity contribution is 5.67. The van der Waals surface area contributed by atoms with Crippen LogP contribution in [0, 0.1) is 6.92 Å². The van der Waals surface area contributed by atoms with Gasteiger partial charge in [0.15, 0.2) is 0 Å². The molecule has 1 aromatic heterocycles. The van der Waals surface area contributed by atoms with Crippen molar-refractivity contribution in [3.63, 3.8) is 0 Å². The largest absolute Gasteiger partial charge is 0.481 e. The maximum Gasteiger partial charge on any atom is 0.305 e. The van der Waals surface area contributed by atoms with Gasteiger partial charge in [-0.25, -0.2) is 4.98 Å². The van der Waals surface area contributed by atoms with E-state index in [1.54, 1.807) is 6.20 Å². The molecular formula is C13H18N2O2. The van der Waals surface area contributed by atoms with Crippen molar-refractivity contribution in [2.24, 2.45) is 0 Å². The van der Waals surface area contributed by atoms with Crippen LogP contribution in [0.25, 0.3) is 0 Å². The fourth-order valence-corrected chi connectivity index (χ4v) is 1.48. The molecule has 0 atom stereocenters. The van der Waals surface area contributed by atoms with Crippen LogP contribution >= 0.6 is 0 Å². The Bertz CT molecular complexity index is 398. The number of carboxylic acid groups (broad SMARTS) is 1. The minimum atomic E-state index is -0.802. The van der Waals surface area contributed by atoms with E-state index < -0.39 is 5.97 Å². The van der Waals surface area contributed by atoms with Crippen LogP contribution in [-0.2, 0) is 4.79 Å². The molecular weight excluding hydrogens is 216 g/mol. The number of hydrogen-bond donors (Lipinski definition) is 1. The molecule has 0 unspecified atom stereocenters. The molecule has 0 fully saturated rings. The molecule has 1 heterocycles. The third-order valence-corrected chi connectivity index (χ3v) is 2.28. The van der Waals surface area contributed by atoms with E-state index in [4.69, 9.17) is 5.11 Å². The van der Waals surface area contributed by atoms with Crippen LogP contribution in [0.5, 0.6) is 0 Å². The number of aromatic nitrogens is 1. The molecule has 0 bridgehead atoms. The molecule has 0 radical (unpaired) electrons. The Labute approximate surface area is 102 Å². The maximum absolute atomic E-state index is 10.6. The smallest absolute Gasteiger partial charge is 0.305 e. The second kappa shape index (κ2) is 6.03. The van der Waals surface area contributed by atoms with Gasteiger partial charge in [0, 0.05) is 19.3 Å². The quantitative estimate of drug-likeness (QED) is 0.767. The van der Waals surface area contributed by atoms with Crippen molar-refractivity contribution in [2.75, 3.05) is 18.0 Å². The fourth-order valence-electron chi connectivity index (χ4n) is 1.48. The molecule has 1 N–H and O–H groups in total. The minimum Gasteiger partial charge on any atom is -0.481 e. The van der Waals surface area contributed by atoms with E-state index in [0.29, 0.717) is 13.1 Å². The van der Waals surface area contributed by atoms with Crippen molar-refractivity contribution in [1.82, 2.24) is 4.98 Å². The lowest BCUT2D eigenvalue weighted by atomic mass is 10.2. The monoisotopic (exact) mass is 234 g/mol. The molecule has 1 rings (SSSR count). The maximum atomic E-state index is 10.6. The van der Waals surface area contributed by atoms with Crippen LogP contribution in [-0.4, -0.2) is 29.1 Å². The van der Waals surface area contributed by atoms with Crippen LogP contribution in [0.4, 0.5) is 5.82 Å². The number of carboxylic acids is 1. The third-order valence-electron chi connectivity index (χ3n) is 2.28. The van der Waals surface area contributed by atoms with E-state index in [-0.39, 0.29) is 6.42 Å². The Morgan fingerprint density at radius 1 is 1.53 bits per heavy atom. The Balaban J connectivity index is 2.77. The SMILES string of the molecule is C=C(C)CN(CCC(=O)O)c1ccc(C)cn1. The first-order chi connectivity index (χ1) is 7.99. The standard InChI is InChI=1S/C13H18N2O2/c1-10(2)9-15(7-6-13(16)17)12-5-4-11(3)8-14-12/h4-5,8H,1,6-7,9H2,2-3H3,(H,16,17). The van der Waals surface area contributed by atoms with Gasteiger partial charge in [-0.1, -0.05) is 18.2 Å². The summed E-state index contributed by atoms with van der Waals surface area (Å²) in [5.74, 6) is -0.0105. The first-order valence-corrected chi connectivity index (χ1v) is 5.53. The van der Waals surface area contributed by atoms with Gasteiger partial charge in [-0.15, -0.1) is 0 Å². The average molecular weight is 234 g/mol. The van der Waals surface area contributed by atoms with Gasteiger partial charge in [0.1, 0.15) is 5.82 Å². The topological polar surface area (TPSA) is 53.4 Å². The molecule has 17 heavy (non-hydrogen) atoms. The summed E-state index contributed by atoms with van der Waals surface area (Å²) in [6.45, 7) is 8.81. The molecule has 1 aromatic rings. The first kappa shape index (κ1) is 13.2. The summed E-state index contributed by atoms with van der Waals surface area (Å²) >= 11 is 0. The highest BCUT2D eigenvalue weighted by atomic mass is 16.4. The van der Waals surface area contributed by atoms with Crippen LogP contribution in [0.15, 0.2) is 30.5 Å². The number of pyridine rings is 1. The lowest BCUT2D eigenvalue weighted by Crippen LogP contribution is -2.28. The molecule has 0 aliphatic carbocycles. The number of hydrogen-bond acceptors (Lipinski definition) is 3. The molecule has 4 nitrogen and oxygen atoms in total. The van der Waals surface area contributed by atoms with Gasteiger partial charge in [0.25, 0.3) is 0 Å². The zero-order valence-corrected chi connectivity index (χ0v) is 10.3. The molecule has 0 saturated heterocycles. The number of aliphatic carboxylic acids is 1. The number of rotatable bonds is 6. The molecule has 0 aromatic carbocycles. The Morgan fingerprint density at radius 2 is 2.24 bits per heavy atom. The van der Waals surface area contributed by atoms with Gasteiger partial charge < -0.3 is 10.0 Å². The van der Waals surface area contributed by atoms with E-state index in [1.165, 1.54) is 0 Å². The second-order valence-electron chi connectivity index (χ2n) is 4.22. The van der Waals surface area contributed by atoms with Crippen LogP contribution in [0.2, 0.25) is 0 Å². The second-order valence-corrected chi connectivity index (χ2v) is 4.22. The van der Waals surface area contributed by atoms with E-state index in [1.807, 2.05) is 30.9 Å². The van der Waals surface area contributed by atoms with Crippen LogP contribution in [0.3, 0.4) is 0 Å². The molecule has 92 valence electrons. The van der Waals surface area contributed by atoms with Crippen molar-refractivity contribution in [3.05, 3.63) is 36.0 Å². The first-order valence-electron chi connectivity index (χ1n) is 5.53. The molecule has 0 amide bonds. The van der Waals surface area contributed by atoms with E-state index in [0.717, 1.165) is 17.0 Å². The molecule has 4 heteroatoms. The lowest BCUT2D eigenvalue weighted by molar-refractivity contribution is -0.136. The normalized spacial score (nSPS) is 10.0. The van der Waals surface area contributed by atoms with Crippen LogP contribution in [0.1, 0.15) is 18.9 Å². The van der Waals surface area contributed by atoms with Gasteiger partial charge in [0.05, 0.1) is 6.42 Å². The highest BCUT2D eigenvalue weighted by Crippen LogP contribution is 2.13. The third kappa shape index (κ3) is 4.68. The average Bonchev–Trinajstić information content (AvgIpc) is 2.25. The lowest BCUT2D eigenvalue weighted by Gasteiger charge is -2.23. The van der Waals surface area contributed by atoms with Crippen molar-refractivity contribution in [1.29, 1.82) is 0 Å². The number of carbonyl (C=O) groups is 1. The number of aryl methyl sites for hydroxylation is 1. The van der Waals surface area contributed by atoms with Crippen molar-refractivity contribution >= 4 is 11.8 Å². The van der Waals surface area contributed by atoms with Gasteiger partial charge in [-0.2, -0.15) is 0 Å². The molecule has 0 spiro atoms. The summed E-state index contributed by atoms with van der Waals surface area (Å²) in [5.41, 5.74) is 2.07.